The van der Waals surface area contributed by atoms with E-state index < -0.39 is 0 Å². The maximum absolute atomic E-state index is 6.58. The van der Waals surface area contributed by atoms with Crippen molar-refractivity contribution in [3.05, 3.63) is 33.8 Å². The second-order valence-electron chi connectivity index (χ2n) is 2.22. The largest absolute Gasteiger partial charge is 0.392 e. The average molecular weight is 203 g/mol. The molecule has 0 aliphatic heterocycles. The molecule has 0 saturated carbocycles. The normalized spacial score (nSPS) is 11.2. The van der Waals surface area contributed by atoms with Crippen LogP contribution in [0.25, 0.3) is 0 Å². The van der Waals surface area contributed by atoms with Crippen molar-refractivity contribution in [2.24, 2.45) is 0 Å². The Morgan fingerprint density at radius 1 is 1.70 bits per heavy atom. The molecule has 1 rings (SSSR count). The van der Waals surface area contributed by atoms with Crippen molar-refractivity contribution in [2.45, 2.75) is 13.5 Å². The van der Waals surface area contributed by atoms with Crippen molar-refractivity contribution < 1.29 is 5.11 Å². The summed E-state index contributed by atoms with van der Waals surface area (Å²) in [5.74, 6) is 0. The lowest BCUT2D eigenvalue weighted by atomic mass is 10.1. The number of benzene rings is 1. The van der Waals surface area contributed by atoms with Crippen LogP contribution in [0.3, 0.4) is 0 Å². The first-order chi connectivity index (χ1) is 5.24. The van der Waals surface area contributed by atoms with Crippen LogP contribution in [0.5, 0.6) is 0 Å². The molecule has 1 aromatic rings. The van der Waals surface area contributed by atoms with E-state index in [1.54, 1.807) is 0 Å². The molecule has 2 heteroatoms. The number of aliphatic hydroxyl groups is 1. The third-order valence-corrected chi connectivity index (χ3v) is 1.95. The number of halogens is 1. The molecule has 54 valence electrons. The van der Waals surface area contributed by atoms with Crippen molar-refractivity contribution in [1.29, 1.82) is 1.43 Å². The monoisotopic (exact) mass is 202 g/mol. The van der Waals surface area contributed by atoms with Gasteiger partial charge in [0, 0.05) is 4.47 Å². The summed E-state index contributed by atoms with van der Waals surface area (Å²) in [6, 6.07) is 5.91. The van der Waals surface area contributed by atoms with E-state index in [0.29, 0.717) is 6.61 Å². The van der Waals surface area contributed by atoms with E-state index in [-0.39, 0.29) is 0 Å². The topological polar surface area (TPSA) is 20.2 Å². The van der Waals surface area contributed by atoms with Gasteiger partial charge in [-0.25, -0.2) is 0 Å². The molecule has 1 nitrogen and oxygen atoms in total. The van der Waals surface area contributed by atoms with Crippen LogP contribution >= 0.6 is 15.9 Å². The van der Waals surface area contributed by atoms with E-state index in [1.807, 2.05) is 25.1 Å². The fourth-order valence-electron chi connectivity index (χ4n) is 0.821. The Morgan fingerprint density at radius 3 is 3.10 bits per heavy atom. The predicted molar refractivity (Wildman–Crippen MR) is 44.8 cm³/mol. The van der Waals surface area contributed by atoms with Gasteiger partial charge in [0.25, 0.3) is 0 Å². The molecule has 0 aromatic heterocycles. The van der Waals surface area contributed by atoms with Gasteiger partial charge in [0.1, 0.15) is 0 Å². The van der Waals surface area contributed by atoms with Crippen molar-refractivity contribution in [3.63, 3.8) is 0 Å². The van der Waals surface area contributed by atoms with Gasteiger partial charge in [0.15, 0.2) is 0 Å². The first-order valence-electron chi connectivity index (χ1n) is 3.48. The van der Waals surface area contributed by atoms with Crippen molar-refractivity contribution in [1.82, 2.24) is 0 Å². The van der Waals surface area contributed by atoms with Crippen LogP contribution in [0.1, 0.15) is 11.1 Å². The summed E-state index contributed by atoms with van der Waals surface area (Å²) in [5.41, 5.74) is 2.20. The van der Waals surface area contributed by atoms with E-state index in [1.165, 1.54) is 0 Å². The molecular formula is C8H9BrO. The quantitative estimate of drug-likeness (QED) is 0.781. The lowest BCUT2D eigenvalue weighted by Gasteiger charge is -2.00. The van der Waals surface area contributed by atoms with Crippen LogP contribution in [0.4, 0.5) is 0 Å². The molecule has 1 N–H and O–H groups in total. The molecule has 0 heterocycles. The minimum absolute atomic E-state index is 0.360. The first-order valence-corrected chi connectivity index (χ1v) is 3.86. The summed E-state index contributed by atoms with van der Waals surface area (Å²) >= 11 is 3.36. The summed E-state index contributed by atoms with van der Waals surface area (Å²) in [6.45, 7) is 2.36. The van der Waals surface area contributed by atoms with Gasteiger partial charge in [0.2, 0.25) is 1.43 Å². The highest BCUT2D eigenvalue weighted by Crippen LogP contribution is 2.15. The lowest BCUT2D eigenvalue weighted by molar-refractivity contribution is 0.281. The number of rotatable bonds is 2. The predicted octanol–water partition coefficient (Wildman–Crippen LogP) is 2.25. The molecular weight excluding hydrogens is 192 g/mol. The van der Waals surface area contributed by atoms with E-state index in [9.17, 15) is 0 Å². The zero-order valence-electron chi connectivity index (χ0n) is 6.73. The van der Waals surface area contributed by atoms with Crippen LogP contribution in [0, 0.1) is 6.92 Å². The van der Waals surface area contributed by atoms with Crippen LogP contribution < -0.4 is 0 Å². The molecule has 0 atom stereocenters. The van der Waals surface area contributed by atoms with Gasteiger partial charge in [-0.2, -0.15) is 0 Å². The van der Waals surface area contributed by atoms with Crippen LogP contribution in [0.15, 0.2) is 22.7 Å². The van der Waals surface area contributed by atoms with Crippen molar-refractivity contribution in [2.75, 3.05) is 0 Å². The Bertz CT molecular complexity index is 250. The fraction of sp³-hybridized carbons (Fsp3) is 0.250. The number of aliphatic hydroxyl groups excluding tert-OH is 1. The Morgan fingerprint density at radius 2 is 2.50 bits per heavy atom. The SMILES string of the molecule is [3H]OCc1ccc(Br)cc1C. The van der Waals surface area contributed by atoms with E-state index in [4.69, 9.17) is 1.43 Å². The first kappa shape index (κ1) is 6.38. The average Bonchev–Trinajstić information content (AvgIpc) is 1.95. The minimum Gasteiger partial charge on any atom is -0.392 e. The van der Waals surface area contributed by atoms with Gasteiger partial charge < -0.3 is 5.11 Å². The standard InChI is InChI=1S/C8H9BrO/c1-6-4-8(9)3-2-7(6)5-10/h2-4,10H,5H2,1H3/i10T. The summed E-state index contributed by atoms with van der Waals surface area (Å²) in [6.07, 6.45) is 0. The summed E-state index contributed by atoms with van der Waals surface area (Å²) in [4.78, 5) is 0. The van der Waals surface area contributed by atoms with E-state index in [2.05, 4.69) is 21.0 Å². The van der Waals surface area contributed by atoms with Gasteiger partial charge >= 0.3 is 0 Å². The molecule has 10 heavy (non-hydrogen) atoms. The second-order valence-corrected chi connectivity index (χ2v) is 3.13. The smallest absolute Gasteiger partial charge is 0.211 e. The van der Waals surface area contributed by atoms with Crippen LogP contribution in [-0.2, 0) is 6.61 Å². The Balaban J connectivity index is 2.90. The zero-order chi connectivity index (χ0) is 8.27. The van der Waals surface area contributed by atoms with Gasteiger partial charge in [-0.05, 0) is 30.2 Å². The lowest BCUT2D eigenvalue weighted by Crippen LogP contribution is -1.86. The molecule has 0 saturated heterocycles. The summed E-state index contributed by atoms with van der Waals surface area (Å²) < 4.78 is 7.64. The number of hydrogen-bond donors (Lipinski definition) is 1. The molecule has 0 aliphatic carbocycles. The Kier molecular flexibility index (Phi) is 2.02. The van der Waals surface area contributed by atoms with Crippen molar-refractivity contribution in [3.8, 4) is 0 Å². The maximum Gasteiger partial charge on any atom is 0.211 e. The highest BCUT2D eigenvalue weighted by atomic mass is 79.9. The molecule has 0 aliphatic rings. The van der Waals surface area contributed by atoms with Crippen LogP contribution in [0.2, 0.25) is 0 Å². The third kappa shape index (κ3) is 1.58. The number of aryl methyl sites for hydroxylation is 1. The fourth-order valence-corrected chi connectivity index (χ4v) is 1.30. The molecule has 1 aromatic carbocycles. The molecule has 0 unspecified atom stereocenters. The summed E-state index contributed by atoms with van der Waals surface area (Å²) in [5, 5.41) is 4.28. The van der Waals surface area contributed by atoms with Gasteiger partial charge in [-0.1, -0.05) is 22.0 Å². The minimum atomic E-state index is 0.360. The zero-order valence-corrected chi connectivity index (χ0v) is 7.31. The molecule has 0 radical (unpaired) electrons. The van der Waals surface area contributed by atoms with Crippen molar-refractivity contribution >= 4 is 15.9 Å². The highest BCUT2D eigenvalue weighted by Gasteiger charge is 1.95. The molecule has 0 bridgehead atoms. The summed E-state index contributed by atoms with van der Waals surface area (Å²) in [7, 11) is 0. The van der Waals surface area contributed by atoms with E-state index >= 15 is 0 Å². The van der Waals surface area contributed by atoms with Crippen LogP contribution in [-0.4, -0.2) is 6.54 Å². The van der Waals surface area contributed by atoms with E-state index in [0.717, 1.165) is 15.6 Å². The number of hydrogen-bond acceptors (Lipinski definition) is 1. The second kappa shape index (κ2) is 3.17. The van der Waals surface area contributed by atoms with Gasteiger partial charge in [-0.3, -0.25) is 0 Å². The molecule has 0 fully saturated rings. The van der Waals surface area contributed by atoms with Gasteiger partial charge in [-0.15, -0.1) is 0 Å². The highest BCUT2D eigenvalue weighted by molar-refractivity contribution is 9.10. The Hall–Kier alpha value is -0.340. The molecule has 0 amide bonds. The van der Waals surface area contributed by atoms with Gasteiger partial charge in [0.05, 0.1) is 6.61 Å². The Labute approximate surface area is 70.3 Å². The third-order valence-electron chi connectivity index (χ3n) is 1.46. The molecule has 0 spiro atoms. The maximum atomic E-state index is 6.58.